The van der Waals surface area contributed by atoms with Gasteiger partial charge in [0.25, 0.3) is 5.91 Å². The number of fused-ring (bicyclic) bond motifs is 1. The fourth-order valence-corrected chi connectivity index (χ4v) is 2.90. The number of nitrogens with zero attached hydrogens (tertiary/aromatic N) is 5. The molecule has 2 aromatic rings. The monoisotopic (exact) mass is 360 g/mol. The van der Waals surface area contributed by atoms with Crippen LogP contribution in [0.5, 0.6) is 0 Å². The van der Waals surface area contributed by atoms with Crippen LogP contribution in [0.25, 0.3) is 11.2 Å². The van der Waals surface area contributed by atoms with Crippen molar-refractivity contribution in [1.29, 1.82) is 0 Å². The second kappa shape index (κ2) is 7.20. The number of anilines is 1. The number of aromatic nitrogens is 4. The zero-order valence-corrected chi connectivity index (χ0v) is 14.0. The summed E-state index contributed by atoms with van der Waals surface area (Å²) >= 11 is 0. The van der Waals surface area contributed by atoms with E-state index in [1.165, 1.54) is 22.1 Å². The summed E-state index contributed by atoms with van der Waals surface area (Å²) in [7, 11) is 0. The van der Waals surface area contributed by atoms with Gasteiger partial charge in [0, 0.05) is 13.1 Å². The van der Waals surface area contributed by atoms with Crippen molar-refractivity contribution in [1.82, 2.24) is 24.4 Å². The average molecular weight is 360 g/mol. The molecule has 1 aliphatic rings. The van der Waals surface area contributed by atoms with Crippen LogP contribution in [-0.2, 0) is 9.53 Å². The molecule has 4 N–H and O–H groups in total. The van der Waals surface area contributed by atoms with Crippen molar-refractivity contribution in [3.8, 4) is 0 Å². The largest absolute Gasteiger partial charge is 0.387 e. The van der Waals surface area contributed by atoms with Crippen LogP contribution in [0.4, 0.5) is 5.82 Å². The first-order valence-electron chi connectivity index (χ1n) is 7.94. The van der Waals surface area contributed by atoms with Crippen LogP contribution in [0, 0.1) is 0 Å². The molecule has 10 nitrogen and oxygen atoms in total. The normalized spacial score (nSPS) is 25.3. The number of aliphatic hydroxyl groups excluding tert-OH is 2. The lowest BCUT2D eigenvalue weighted by atomic mass is 10.1. The van der Waals surface area contributed by atoms with Crippen molar-refractivity contribution in [2.75, 3.05) is 18.8 Å². The molecular weight excluding hydrogens is 340 g/mol. The molecule has 3 rings (SSSR count). The zero-order chi connectivity index (χ0) is 18.8. The number of carbonyl (C=O) groups is 1. The minimum atomic E-state index is -1.42. The molecule has 0 spiro atoms. The minimum absolute atomic E-state index is 0.178. The molecule has 4 atom stereocenters. The van der Waals surface area contributed by atoms with E-state index in [1.807, 2.05) is 0 Å². The Balaban J connectivity index is 1.89. The van der Waals surface area contributed by atoms with Crippen molar-refractivity contribution in [2.24, 2.45) is 0 Å². The Morgan fingerprint density at radius 3 is 2.62 bits per heavy atom. The summed E-state index contributed by atoms with van der Waals surface area (Å²) in [5, 5.41) is 20.8. The van der Waals surface area contributed by atoms with E-state index in [0.717, 1.165) is 0 Å². The summed E-state index contributed by atoms with van der Waals surface area (Å²) < 4.78 is 7.09. The number of ether oxygens (including phenoxy) is 1. The molecule has 1 aliphatic heterocycles. The van der Waals surface area contributed by atoms with Crippen LogP contribution in [0.3, 0.4) is 0 Å². The molecule has 1 saturated heterocycles. The third kappa shape index (κ3) is 2.94. The van der Waals surface area contributed by atoms with Crippen LogP contribution in [0.2, 0.25) is 0 Å². The average Bonchev–Trinajstić information content (AvgIpc) is 3.17. The highest BCUT2D eigenvalue weighted by Gasteiger charge is 2.48. The van der Waals surface area contributed by atoms with Gasteiger partial charge >= 0.3 is 0 Å². The number of hydrogen-bond donors (Lipinski definition) is 3. The van der Waals surface area contributed by atoms with Gasteiger partial charge in [0.05, 0.1) is 6.33 Å². The van der Waals surface area contributed by atoms with E-state index < -0.39 is 30.4 Å². The summed E-state index contributed by atoms with van der Waals surface area (Å²) in [6, 6.07) is 0. The third-order valence-corrected chi connectivity index (χ3v) is 4.15. The van der Waals surface area contributed by atoms with Crippen LogP contribution in [0.1, 0.15) is 6.23 Å². The topological polar surface area (TPSA) is 140 Å². The second-order valence-corrected chi connectivity index (χ2v) is 5.83. The number of nitrogens with two attached hydrogens (primary N) is 1. The van der Waals surface area contributed by atoms with E-state index in [0.29, 0.717) is 11.2 Å². The molecule has 1 amide bonds. The Kier molecular flexibility index (Phi) is 4.98. The first kappa shape index (κ1) is 18.0. The van der Waals surface area contributed by atoms with Gasteiger partial charge in [-0.2, -0.15) is 0 Å². The number of hydrogen-bond acceptors (Lipinski definition) is 8. The molecule has 3 heterocycles. The van der Waals surface area contributed by atoms with E-state index in [1.54, 1.807) is 12.2 Å². The maximum absolute atomic E-state index is 12.7. The van der Waals surface area contributed by atoms with E-state index in [2.05, 4.69) is 28.1 Å². The fraction of sp³-hybridized carbons (Fsp3) is 0.375. The SMILES string of the molecule is C=CCN(CC=C)C(=O)[C@H]1O[C@@H](n2cnc3c(N)ncnc32)[C@H](O)[C@@H]1O. The van der Waals surface area contributed by atoms with Crippen LogP contribution >= 0.6 is 0 Å². The van der Waals surface area contributed by atoms with Gasteiger partial charge in [-0.05, 0) is 0 Å². The fourth-order valence-electron chi connectivity index (χ4n) is 2.90. The molecule has 0 aliphatic carbocycles. The van der Waals surface area contributed by atoms with Gasteiger partial charge in [-0.3, -0.25) is 9.36 Å². The Morgan fingerprint density at radius 1 is 1.27 bits per heavy atom. The van der Waals surface area contributed by atoms with Crippen molar-refractivity contribution in [3.05, 3.63) is 38.0 Å². The molecule has 2 aromatic heterocycles. The van der Waals surface area contributed by atoms with Gasteiger partial charge in [0.2, 0.25) is 0 Å². The summed E-state index contributed by atoms with van der Waals surface area (Å²) in [4.78, 5) is 26.1. The minimum Gasteiger partial charge on any atom is -0.387 e. The molecule has 0 unspecified atom stereocenters. The van der Waals surface area contributed by atoms with Crippen LogP contribution in [0.15, 0.2) is 38.0 Å². The van der Waals surface area contributed by atoms with Crippen molar-refractivity contribution < 1.29 is 19.7 Å². The van der Waals surface area contributed by atoms with Crippen molar-refractivity contribution in [3.63, 3.8) is 0 Å². The van der Waals surface area contributed by atoms with E-state index in [-0.39, 0.29) is 18.9 Å². The number of nitrogen functional groups attached to an aromatic ring is 1. The molecule has 26 heavy (non-hydrogen) atoms. The lowest BCUT2D eigenvalue weighted by Gasteiger charge is -2.24. The summed E-state index contributed by atoms with van der Waals surface area (Å²) in [6.07, 6.45) is 0.673. The molecule has 1 fully saturated rings. The lowest BCUT2D eigenvalue weighted by molar-refractivity contribution is -0.147. The van der Waals surface area contributed by atoms with Crippen molar-refractivity contribution >= 4 is 22.9 Å². The smallest absolute Gasteiger partial charge is 0.255 e. The van der Waals surface area contributed by atoms with Crippen LogP contribution in [-0.4, -0.2) is 71.9 Å². The van der Waals surface area contributed by atoms with E-state index >= 15 is 0 Å². The maximum Gasteiger partial charge on any atom is 0.255 e. The number of aliphatic hydroxyl groups is 2. The van der Waals surface area contributed by atoms with E-state index in [9.17, 15) is 15.0 Å². The Hall–Kier alpha value is -2.82. The first-order chi connectivity index (χ1) is 12.5. The molecular formula is C16H20N6O4. The Bertz CT molecular complexity index is 827. The predicted molar refractivity (Wildman–Crippen MR) is 92.6 cm³/mol. The predicted octanol–water partition coefficient (Wildman–Crippen LogP) is -0.772. The molecule has 0 bridgehead atoms. The molecule has 0 radical (unpaired) electrons. The number of amides is 1. The van der Waals surface area contributed by atoms with Crippen LogP contribution < -0.4 is 5.73 Å². The highest BCUT2D eigenvalue weighted by molar-refractivity contribution is 5.83. The van der Waals surface area contributed by atoms with Gasteiger partial charge in [0.15, 0.2) is 23.8 Å². The van der Waals surface area contributed by atoms with Gasteiger partial charge in [-0.1, -0.05) is 12.2 Å². The zero-order valence-electron chi connectivity index (χ0n) is 14.0. The van der Waals surface area contributed by atoms with Crippen molar-refractivity contribution in [2.45, 2.75) is 24.5 Å². The molecule has 10 heteroatoms. The summed E-state index contributed by atoms with van der Waals surface area (Å²) in [6.45, 7) is 7.73. The van der Waals surface area contributed by atoms with E-state index in [4.69, 9.17) is 10.5 Å². The second-order valence-electron chi connectivity index (χ2n) is 5.83. The summed E-state index contributed by atoms with van der Waals surface area (Å²) in [5.74, 6) is -0.296. The van der Waals surface area contributed by atoms with Gasteiger partial charge in [0.1, 0.15) is 24.1 Å². The number of carbonyl (C=O) groups excluding carboxylic acids is 1. The highest BCUT2D eigenvalue weighted by Crippen LogP contribution is 2.32. The first-order valence-corrected chi connectivity index (χ1v) is 7.94. The number of imidazole rings is 1. The van der Waals surface area contributed by atoms with Gasteiger partial charge in [-0.15, -0.1) is 13.2 Å². The Morgan fingerprint density at radius 2 is 1.96 bits per heavy atom. The number of rotatable bonds is 6. The molecule has 138 valence electrons. The Labute approximate surface area is 149 Å². The standard InChI is InChI=1S/C16H20N6O4/c1-3-5-21(6-4-2)15(25)12-10(23)11(24)16(26-12)22-8-20-9-13(17)18-7-19-14(9)22/h3-4,7-8,10-12,16,23-24H,1-2,5-6H2,(H2,17,18,19)/t10-,11+,12-,16+/m0/s1. The van der Waals surface area contributed by atoms with Gasteiger partial charge in [-0.25, -0.2) is 15.0 Å². The highest BCUT2D eigenvalue weighted by atomic mass is 16.6. The maximum atomic E-state index is 12.7. The van der Waals surface area contributed by atoms with Gasteiger partial charge < -0.3 is 25.6 Å². The lowest BCUT2D eigenvalue weighted by Crippen LogP contribution is -2.45. The summed E-state index contributed by atoms with van der Waals surface area (Å²) in [5.41, 5.74) is 6.42. The quantitative estimate of drug-likeness (QED) is 0.571. The third-order valence-electron chi connectivity index (χ3n) is 4.15. The molecule has 0 aromatic carbocycles. The molecule has 0 saturated carbocycles.